The number of methoxy groups -OCH3 is 4. The Morgan fingerprint density at radius 1 is 0.750 bits per heavy atom. The molecule has 0 bridgehead atoms. The number of carboxylic acids is 1. The average molecular weight is 659 g/mol. The summed E-state index contributed by atoms with van der Waals surface area (Å²) in [7, 11) is 6.11. The van der Waals surface area contributed by atoms with Crippen LogP contribution in [0.5, 0.6) is 23.1 Å². The molecule has 5 rings (SSSR count). The van der Waals surface area contributed by atoms with Crippen LogP contribution < -0.4 is 14.2 Å². The first kappa shape index (κ1) is 41.7. The Morgan fingerprint density at radius 3 is 1.79 bits per heavy atom. The zero-order valence-corrected chi connectivity index (χ0v) is 27.9. The Bertz CT molecular complexity index is 1610. The van der Waals surface area contributed by atoms with Gasteiger partial charge in [0.2, 0.25) is 5.88 Å². The fraction of sp³-hybridized carbons (Fsp3) is 0.167. The monoisotopic (exact) mass is 658 g/mol. The first-order valence-corrected chi connectivity index (χ1v) is 14.0. The molecular weight excluding hydrogens is 616 g/mol. The predicted molar refractivity (Wildman–Crippen MR) is 186 cm³/mol. The fourth-order valence-corrected chi connectivity index (χ4v) is 2.90. The number of carbonyl (C=O) groups excluding carboxylic acids is 1. The molecular formula is C36H42N4O8. The number of aromatic hydroxyl groups is 1. The summed E-state index contributed by atoms with van der Waals surface area (Å²) in [5, 5.41) is 17.7. The normalized spacial score (nSPS) is 8.71. The van der Waals surface area contributed by atoms with Crippen molar-refractivity contribution in [1.29, 1.82) is 0 Å². The van der Waals surface area contributed by atoms with Gasteiger partial charge in [-0.2, -0.15) is 0 Å². The number of carboxylic acid groups (broad SMARTS) is 1. The van der Waals surface area contributed by atoms with Gasteiger partial charge in [-0.15, -0.1) is 0 Å². The molecule has 0 saturated carbocycles. The quantitative estimate of drug-likeness (QED) is 0.152. The third kappa shape index (κ3) is 19.9. The van der Waals surface area contributed by atoms with Crippen LogP contribution >= 0.6 is 0 Å². The van der Waals surface area contributed by atoms with Crippen molar-refractivity contribution >= 4 is 28.9 Å². The van der Waals surface area contributed by atoms with E-state index in [9.17, 15) is 9.90 Å². The van der Waals surface area contributed by atoms with Gasteiger partial charge in [0.05, 0.1) is 34.0 Å². The topological polar surface area (TPSA) is 163 Å². The molecule has 0 atom stereocenters. The van der Waals surface area contributed by atoms with Crippen molar-refractivity contribution in [2.75, 3.05) is 28.4 Å². The third-order valence-electron chi connectivity index (χ3n) is 5.11. The minimum atomic E-state index is -0.833. The van der Waals surface area contributed by atoms with Crippen LogP contribution in [0.4, 0.5) is 0 Å². The second kappa shape index (κ2) is 26.0. The van der Waals surface area contributed by atoms with Gasteiger partial charge in [0, 0.05) is 61.1 Å². The number of aliphatic carboxylic acids is 1. The van der Waals surface area contributed by atoms with Gasteiger partial charge in [0.15, 0.2) is 11.5 Å². The molecule has 0 aliphatic rings. The third-order valence-corrected chi connectivity index (χ3v) is 5.11. The van der Waals surface area contributed by atoms with Gasteiger partial charge in [-0.1, -0.05) is 37.4 Å². The second-order valence-corrected chi connectivity index (χ2v) is 8.75. The number of nitrogens with zero attached hydrogens (tertiary/aromatic N) is 4. The smallest absolute Gasteiger partial charge is 0.332 e. The summed E-state index contributed by atoms with van der Waals surface area (Å²) in [6.45, 7) is 9.64. The van der Waals surface area contributed by atoms with Crippen LogP contribution in [0.2, 0.25) is 0 Å². The molecule has 0 unspecified atom stereocenters. The van der Waals surface area contributed by atoms with E-state index in [1.807, 2.05) is 42.5 Å². The first-order valence-electron chi connectivity index (χ1n) is 14.0. The second-order valence-electron chi connectivity index (χ2n) is 8.75. The van der Waals surface area contributed by atoms with E-state index in [2.05, 4.69) is 37.8 Å². The number of hydrogen-bond acceptors (Lipinski definition) is 11. The summed E-state index contributed by atoms with van der Waals surface area (Å²) in [6.07, 6.45) is 11.7. The van der Waals surface area contributed by atoms with Crippen molar-refractivity contribution < 1.29 is 38.7 Å². The molecule has 0 aliphatic heterocycles. The van der Waals surface area contributed by atoms with Gasteiger partial charge in [0.25, 0.3) is 5.97 Å². The van der Waals surface area contributed by atoms with Gasteiger partial charge in [0.1, 0.15) is 5.75 Å². The molecule has 0 aliphatic carbocycles. The minimum absolute atomic E-state index is 0.151. The minimum Gasteiger partial charge on any atom is -0.504 e. The molecule has 2 N–H and O–H groups in total. The molecule has 5 aromatic rings. The van der Waals surface area contributed by atoms with E-state index >= 15 is 0 Å². The Morgan fingerprint density at radius 2 is 1.38 bits per heavy atom. The van der Waals surface area contributed by atoms with Gasteiger partial charge in [-0.3, -0.25) is 19.7 Å². The number of esters is 1. The van der Waals surface area contributed by atoms with E-state index in [1.54, 1.807) is 88.7 Å². The number of carbonyl (C=O) groups is 2. The Labute approximate surface area is 281 Å². The van der Waals surface area contributed by atoms with Crippen molar-refractivity contribution in [3.63, 3.8) is 0 Å². The first-order chi connectivity index (χ1) is 23.0. The van der Waals surface area contributed by atoms with Crippen LogP contribution in [0, 0.1) is 0 Å². The predicted octanol–water partition coefficient (Wildman–Crippen LogP) is 6.68. The highest BCUT2D eigenvalue weighted by Gasteiger charge is 1.99. The number of fused-ring (bicyclic) bond motifs is 1. The van der Waals surface area contributed by atoms with Gasteiger partial charge in [-0.05, 0) is 55.0 Å². The molecule has 2 aromatic carbocycles. The maximum absolute atomic E-state index is 10.2. The van der Waals surface area contributed by atoms with Crippen LogP contribution in [0.1, 0.15) is 19.4 Å². The maximum atomic E-state index is 10.2. The summed E-state index contributed by atoms with van der Waals surface area (Å²) < 4.78 is 19.1. The molecule has 0 radical (unpaired) electrons. The van der Waals surface area contributed by atoms with Crippen molar-refractivity contribution in [2.45, 2.75) is 13.8 Å². The van der Waals surface area contributed by atoms with Crippen LogP contribution in [-0.2, 0) is 14.3 Å². The van der Waals surface area contributed by atoms with Crippen molar-refractivity contribution in [2.24, 2.45) is 0 Å². The molecule has 3 heterocycles. The van der Waals surface area contributed by atoms with Crippen LogP contribution in [-0.4, -0.2) is 70.5 Å². The molecule has 12 heteroatoms. The highest BCUT2D eigenvalue weighted by Crippen LogP contribution is 2.26. The van der Waals surface area contributed by atoms with Crippen molar-refractivity contribution in [1.82, 2.24) is 19.9 Å². The van der Waals surface area contributed by atoms with Gasteiger partial charge >= 0.3 is 5.97 Å². The highest BCUT2D eigenvalue weighted by atomic mass is 16.5. The Kier molecular flexibility index (Phi) is 22.6. The summed E-state index contributed by atoms with van der Waals surface area (Å²) in [4.78, 5) is 34.7. The van der Waals surface area contributed by atoms with Crippen LogP contribution in [0.15, 0.2) is 123 Å². The van der Waals surface area contributed by atoms with E-state index < -0.39 is 5.97 Å². The lowest BCUT2D eigenvalue weighted by Gasteiger charge is -2.02. The number of phenolic OH excluding ortho intramolecular Hbond substituents is 1. The number of pyridine rings is 2. The standard InChI is InChI=1S/C10H9NO.C9H10O2.C6H7NO.C5H8O2.C4H4N2.C2H4O2/c1-12-9-4-5-10-8(7-9)3-2-6-11-10;1-3-7-4-5-8(10)9(6-7)11-2;1-8-6-4-2-3-5-7-6;1-4(2)5(6)7-3;1-2-6-4-3-5-1;1-2(3)4/h2-7H,1H3;3-6,10H,1H2,2H3;2-5H,1H3;1H2,2-3H3;1-4H;1H3,(H,3,4). The average Bonchev–Trinajstić information content (AvgIpc) is 3.13. The molecule has 48 heavy (non-hydrogen) atoms. The molecule has 0 spiro atoms. The number of phenols is 1. The van der Waals surface area contributed by atoms with E-state index in [-0.39, 0.29) is 11.7 Å². The fourth-order valence-electron chi connectivity index (χ4n) is 2.90. The number of hydrogen-bond donors (Lipinski definition) is 2. The molecule has 254 valence electrons. The number of ether oxygens (including phenoxy) is 4. The molecule has 12 nitrogen and oxygen atoms in total. The summed E-state index contributed by atoms with van der Waals surface area (Å²) in [5.41, 5.74) is 2.36. The SMILES string of the molecule is C=C(C)C(=O)OC.C=Cc1ccc(O)c(OC)c1.CC(=O)O.COc1ccc2ncccc2c1.COc1ccccn1.c1cnccn1. The summed E-state index contributed by atoms with van der Waals surface area (Å²) in [5.74, 6) is 0.975. The zero-order valence-electron chi connectivity index (χ0n) is 27.9. The number of benzene rings is 2. The number of aromatic nitrogens is 4. The van der Waals surface area contributed by atoms with Gasteiger partial charge in [-0.25, -0.2) is 9.78 Å². The molecule has 0 saturated heterocycles. The van der Waals surface area contributed by atoms with Crippen LogP contribution in [0.3, 0.4) is 0 Å². The van der Waals surface area contributed by atoms with Crippen molar-refractivity contribution in [3.8, 4) is 23.1 Å². The van der Waals surface area contributed by atoms with Gasteiger partial charge < -0.3 is 29.2 Å². The summed E-state index contributed by atoms with van der Waals surface area (Å²) in [6, 6.07) is 20.4. The number of rotatable bonds is 5. The highest BCUT2D eigenvalue weighted by molar-refractivity contribution is 5.86. The Hall–Kier alpha value is -6.30. The summed E-state index contributed by atoms with van der Waals surface area (Å²) >= 11 is 0. The lowest BCUT2D eigenvalue weighted by atomic mass is 10.2. The molecule has 0 fully saturated rings. The lowest BCUT2D eigenvalue weighted by Crippen LogP contribution is -1.98. The molecule has 3 aromatic heterocycles. The lowest BCUT2D eigenvalue weighted by molar-refractivity contribution is -0.136. The van der Waals surface area contributed by atoms with E-state index in [4.69, 9.17) is 24.1 Å². The van der Waals surface area contributed by atoms with Crippen molar-refractivity contribution in [3.05, 3.63) is 128 Å². The van der Waals surface area contributed by atoms with E-state index in [0.29, 0.717) is 17.2 Å². The zero-order chi connectivity index (χ0) is 36.2. The largest absolute Gasteiger partial charge is 0.504 e. The van der Waals surface area contributed by atoms with Crippen LogP contribution in [0.25, 0.3) is 17.0 Å². The Balaban J connectivity index is 0.000000571. The maximum Gasteiger partial charge on any atom is 0.332 e. The van der Waals surface area contributed by atoms with E-state index in [0.717, 1.165) is 29.1 Å². The molecule has 0 amide bonds. The van der Waals surface area contributed by atoms with E-state index in [1.165, 1.54) is 14.2 Å².